The van der Waals surface area contributed by atoms with Crippen LogP contribution in [0.4, 0.5) is 11.6 Å². The fourth-order valence-corrected chi connectivity index (χ4v) is 3.60. The van der Waals surface area contributed by atoms with Crippen LogP contribution in [0.2, 0.25) is 0 Å². The first kappa shape index (κ1) is 16.2. The molecule has 3 heterocycles. The topological polar surface area (TPSA) is 53.9 Å². The van der Waals surface area contributed by atoms with Crippen molar-refractivity contribution in [3.8, 4) is 0 Å². The largest absolute Gasteiger partial charge is 0.366 e. The number of fused-ring (bicyclic) bond motifs is 1. The lowest BCUT2D eigenvalue weighted by molar-refractivity contribution is 0.720. The molecular formula is C22H23N5. The van der Waals surface area contributed by atoms with E-state index in [0.29, 0.717) is 5.92 Å². The highest BCUT2D eigenvalue weighted by Gasteiger charge is 2.26. The molecule has 136 valence electrons. The molecule has 5 rings (SSSR count). The van der Waals surface area contributed by atoms with E-state index in [1.807, 2.05) is 18.5 Å². The van der Waals surface area contributed by atoms with E-state index in [0.717, 1.165) is 49.1 Å². The van der Waals surface area contributed by atoms with Crippen molar-refractivity contribution in [2.75, 3.05) is 16.8 Å². The Morgan fingerprint density at radius 3 is 2.70 bits per heavy atom. The van der Waals surface area contributed by atoms with Crippen molar-refractivity contribution < 1.29 is 0 Å². The number of hydrogen-bond donors (Lipinski definition) is 1. The molecule has 0 spiro atoms. The minimum Gasteiger partial charge on any atom is -0.366 e. The summed E-state index contributed by atoms with van der Waals surface area (Å²) in [6.45, 7) is 2.68. The Hall–Kier alpha value is -2.95. The third-order valence-corrected chi connectivity index (χ3v) is 5.35. The summed E-state index contributed by atoms with van der Waals surface area (Å²) in [5.74, 6) is 3.48. The summed E-state index contributed by atoms with van der Waals surface area (Å²) < 4.78 is 0. The van der Waals surface area contributed by atoms with E-state index < -0.39 is 0 Å². The highest BCUT2D eigenvalue weighted by atomic mass is 15.2. The molecule has 1 aromatic carbocycles. The zero-order valence-corrected chi connectivity index (χ0v) is 15.3. The summed E-state index contributed by atoms with van der Waals surface area (Å²) in [5, 5.41) is 3.39. The first-order valence-corrected chi connectivity index (χ1v) is 9.68. The molecule has 3 aromatic rings. The molecule has 0 amide bonds. The molecule has 0 unspecified atom stereocenters. The second-order valence-corrected chi connectivity index (χ2v) is 7.39. The van der Waals surface area contributed by atoms with Gasteiger partial charge in [0.1, 0.15) is 17.5 Å². The van der Waals surface area contributed by atoms with Gasteiger partial charge in [0, 0.05) is 37.9 Å². The Balaban J connectivity index is 1.22. The molecule has 5 heteroatoms. The molecule has 2 aromatic heterocycles. The average Bonchev–Trinajstić information content (AvgIpc) is 3.58. The summed E-state index contributed by atoms with van der Waals surface area (Å²) in [6.07, 6.45) is 7.33. The van der Waals surface area contributed by atoms with E-state index >= 15 is 0 Å². The average molecular weight is 357 g/mol. The van der Waals surface area contributed by atoms with E-state index in [2.05, 4.69) is 56.6 Å². The molecule has 2 aliphatic rings. The highest BCUT2D eigenvalue weighted by Crippen LogP contribution is 2.38. The van der Waals surface area contributed by atoms with Gasteiger partial charge in [0.05, 0.1) is 0 Å². The number of hydrogen-bond acceptors (Lipinski definition) is 5. The molecule has 1 fully saturated rings. The third-order valence-electron chi connectivity index (χ3n) is 5.35. The van der Waals surface area contributed by atoms with Gasteiger partial charge in [0.2, 0.25) is 0 Å². The molecule has 1 aliphatic heterocycles. The van der Waals surface area contributed by atoms with Gasteiger partial charge in [-0.25, -0.2) is 15.0 Å². The molecule has 0 bridgehead atoms. The summed E-state index contributed by atoms with van der Waals surface area (Å²) >= 11 is 0. The van der Waals surface area contributed by atoms with Gasteiger partial charge in [-0.2, -0.15) is 0 Å². The Kier molecular flexibility index (Phi) is 4.20. The van der Waals surface area contributed by atoms with E-state index in [9.17, 15) is 0 Å². The van der Waals surface area contributed by atoms with Crippen LogP contribution >= 0.6 is 0 Å². The van der Waals surface area contributed by atoms with Crippen LogP contribution in [0.1, 0.15) is 41.3 Å². The van der Waals surface area contributed by atoms with Gasteiger partial charge in [0.25, 0.3) is 0 Å². The van der Waals surface area contributed by atoms with E-state index in [-0.39, 0.29) is 0 Å². The second-order valence-electron chi connectivity index (χ2n) is 7.39. The minimum absolute atomic E-state index is 0.572. The molecule has 0 atom stereocenters. The van der Waals surface area contributed by atoms with Crippen molar-refractivity contribution >= 4 is 11.6 Å². The first-order chi connectivity index (χ1) is 13.3. The van der Waals surface area contributed by atoms with Crippen molar-refractivity contribution in [3.63, 3.8) is 0 Å². The lowest BCUT2D eigenvalue weighted by atomic mass is 10.00. The van der Waals surface area contributed by atoms with Crippen molar-refractivity contribution in [2.45, 2.75) is 38.3 Å². The van der Waals surface area contributed by atoms with Gasteiger partial charge >= 0.3 is 0 Å². The van der Waals surface area contributed by atoms with E-state index in [4.69, 9.17) is 4.98 Å². The lowest BCUT2D eigenvalue weighted by Gasteiger charge is -2.29. The monoisotopic (exact) mass is 357 g/mol. The normalized spacial score (nSPS) is 16.1. The number of nitrogens with one attached hydrogen (secondary N) is 1. The Labute approximate surface area is 159 Å². The van der Waals surface area contributed by atoms with Crippen LogP contribution in [-0.4, -0.2) is 21.5 Å². The van der Waals surface area contributed by atoms with Crippen LogP contribution in [0.15, 0.2) is 54.9 Å². The standard InChI is InChI=1S/C22H23N5/c1-2-4-19-15-27(12-10-17(19)3-1)21-8-5-16(14-25-21)13-24-20-9-11-23-22(26-20)18-6-7-18/h1-5,8-9,11,14,18H,6-7,10,12-13,15H2,(H,23,24,26). The molecule has 27 heavy (non-hydrogen) atoms. The maximum absolute atomic E-state index is 4.70. The highest BCUT2D eigenvalue weighted by molar-refractivity contribution is 5.45. The molecule has 1 aliphatic carbocycles. The number of rotatable bonds is 5. The van der Waals surface area contributed by atoms with Crippen LogP contribution in [-0.2, 0) is 19.5 Å². The molecular weight excluding hydrogens is 334 g/mol. The number of benzene rings is 1. The van der Waals surface area contributed by atoms with Crippen molar-refractivity contribution in [1.29, 1.82) is 0 Å². The van der Waals surface area contributed by atoms with Gasteiger partial charge in [-0.3, -0.25) is 0 Å². The number of anilines is 2. The SMILES string of the molecule is c1ccc2c(c1)CCN(c1ccc(CNc3ccnc(C4CC4)n3)cn1)C2. The van der Waals surface area contributed by atoms with Crippen molar-refractivity contribution in [3.05, 3.63) is 77.4 Å². The maximum Gasteiger partial charge on any atom is 0.133 e. The zero-order chi connectivity index (χ0) is 18.1. The maximum atomic E-state index is 4.70. The van der Waals surface area contributed by atoms with Crippen LogP contribution in [0, 0.1) is 0 Å². The van der Waals surface area contributed by atoms with Crippen LogP contribution in [0.3, 0.4) is 0 Å². The van der Waals surface area contributed by atoms with Crippen LogP contribution in [0.25, 0.3) is 0 Å². The van der Waals surface area contributed by atoms with Gasteiger partial charge in [-0.1, -0.05) is 30.3 Å². The number of nitrogens with zero attached hydrogens (tertiary/aromatic N) is 4. The summed E-state index contributed by atoms with van der Waals surface area (Å²) in [5.41, 5.74) is 4.03. The van der Waals surface area contributed by atoms with Gasteiger partial charge in [-0.15, -0.1) is 0 Å². The van der Waals surface area contributed by atoms with Crippen molar-refractivity contribution in [1.82, 2.24) is 15.0 Å². The zero-order valence-electron chi connectivity index (χ0n) is 15.3. The molecule has 0 saturated heterocycles. The Morgan fingerprint density at radius 1 is 1.00 bits per heavy atom. The number of pyridine rings is 1. The summed E-state index contributed by atoms with van der Waals surface area (Å²) in [6, 6.07) is 14.9. The lowest BCUT2D eigenvalue weighted by Crippen LogP contribution is -2.30. The molecule has 0 radical (unpaired) electrons. The Morgan fingerprint density at radius 2 is 1.89 bits per heavy atom. The predicted octanol–water partition coefficient (Wildman–Crippen LogP) is 3.92. The number of aromatic nitrogens is 3. The van der Waals surface area contributed by atoms with Gasteiger partial charge in [0.15, 0.2) is 0 Å². The van der Waals surface area contributed by atoms with Crippen LogP contribution in [0.5, 0.6) is 0 Å². The van der Waals surface area contributed by atoms with Crippen LogP contribution < -0.4 is 10.2 Å². The predicted molar refractivity (Wildman–Crippen MR) is 107 cm³/mol. The first-order valence-electron chi connectivity index (χ1n) is 9.68. The smallest absolute Gasteiger partial charge is 0.133 e. The van der Waals surface area contributed by atoms with Gasteiger partial charge in [-0.05, 0) is 48.1 Å². The molecule has 1 saturated carbocycles. The molecule has 1 N–H and O–H groups in total. The Bertz CT molecular complexity index is 933. The molecule has 5 nitrogen and oxygen atoms in total. The van der Waals surface area contributed by atoms with E-state index in [1.54, 1.807) is 0 Å². The minimum atomic E-state index is 0.572. The van der Waals surface area contributed by atoms with Crippen molar-refractivity contribution in [2.24, 2.45) is 0 Å². The third kappa shape index (κ3) is 3.63. The quantitative estimate of drug-likeness (QED) is 0.750. The second kappa shape index (κ2) is 6.99. The fourth-order valence-electron chi connectivity index (χ4n) is 3.60. The van der Waals surface area contributed by atoms with Gasteiger partial charge < -0.3 is 10.2 Å². The summed E-state index contributed by atoms with van der Waals surface area (Å²) in [7, 11) is 0. The summed E-state index contributed by atoms with van der Waals surface area (Å²) in [4.78, 5) is 16.0. The fraction of sp³-hybridized carbons (Fsp3) is 0.318. The van der Waals surface area contributed by atoms with E-state index in [1.165, 1.54) is 24.0 Å².